The molecule has 0 aliphatic carbocycles. The van der Waals surface area contributed by atoms with Gasteiger partial charge >= 0.3 is 0 Å². The van der Waals surface area contributed by atoms with E-state index in [0.717, 1.165) is 0 Å². The fourth-order valence-corrected chi connectivity index (χ4v) is 3.22. The highest BCUT2D eigenvalue weighted by atomic mass is 28.3. The van der Waals surface area contributed by atoms with E-state index < -0.39 is 0 Å². The van der Waals surface area contributed by atoms with Crippen LogP contribution in [-0.4, -0.2) is 22.0 Å². The Labute approximate surface area is 118 Å². The van der Waals surface area contributed by atoms with Crippen LogP contribution in [0.4, 0.5) is 0 Å². The average Bonchev–Trinajstić information content (AvgIpc) is 2.44. The second-order valence-corrected chi connectivity index (χ2v) is 7.10. The fourth-order valence-electron chi connectivity index (χ4n) is 1.82. The van der Waals surface area contributed by atoms with Crippen molar-refractivity contribution in [3.05, 3.63) is 47.7 Å². The first-order chi connectivity index (χ1) is 9.33. The van der Waals surface area contributed by atoms with E-state index in [1.54, 1.807) is 0 Å². The summed E-state index contributed by atoms with van der Waals surface area (Å²) in [5.74, 6) is 0. The van der Waals surface area contributed by atoms with Crippen molar-refractivity contribution < 1.29 is 4.74 Å². The Morgan fingerprint density at radius 1 is 1.32 bits per heavy atom. The molecule has 0 saturated heterocycles. The molecule has 19 heavy (non-hydrogen) atoms. The second kappa shape index (κ2) is 10.5. The molecule has 0 unspecified atom stereocenters. The maximum atomic E-state index is 8.36. The third-order valence-corrected chi connectivity index (χ3v) is 4.80. The molecule has 0 aliphatic rings. The van der Waals surface area contributed by atoms with Crippen LogP contribution < -0.4 is 0 Å². The number of rotatable bonds is 9. The smallest absolute Gasteiger partial charge is 0.0722 e. The quantitative estimate of drug-likeness (QED) is 0.506. The van der Waals surface area contributed by atoms with E-state index in [2.05, 4.69) is 54.7 Å². The summed E-state index contributed by atoms with van der Waals surface area (Å²) in [7, 11) is -0.377. The average molecular weight is 272 g/mol. The van der Waals surface area contributed by atoms with Gasteiger partial charge in [-0.25, -0.2) is 0 Å². The monoisotopic (exact) mass is 272 g/mol. The molecular formula is C16H22NOSi. The molecule has 0 saturated carbocycles. The molecule has 2 nitrogen and oxygen atoms in total. The standard InChI is InChI=1S/C16H22NOSi/c1-19(15-7-13-18-12-6-11-17)14-5-10-16-8-3-2-4-9-16/h2-4,7-9,15H,5-6,10,12-14H2,1H3. The lowest BCUT2D eigenvalue weighted by atomic mass is 10.1. The molecule has 3 heteroatoms. The van der Waals surface area contributed by atoms with Crippen LogP contribution in [0.25, 0.3) is 0 Å². The van der Waals surface area contributed by atoms with E-state index in [-0.39, 0.29) is 8.80 Å². The molecule has 0 fully saturated rings. The highest BCUT2D eigenvalue weighted by Crippen LogP contribution is 2.07. The summed E-state index contributed by atoms with van der Waals surface area (Å²) >= 11 is 0. The lowest BCUT2D eigenvalue weighted by Gasteiger charge is -2.04. The number of benzene rings is 1. The zero-order valence-electron chi connectivity index (χ0n) is 11.6. The molecule has 0 atom stereocenters. The molecule has 0 aliphatic heterocycles. The van der Waals surface area contributed by atoms with Crippen molar-refractivity contribution in [3.63, 3.8) is 0 Å². The number of nitrogens with zero attached hydrogens (tertiary/aromatic N) is 1. The minimum absolute atomic E-state index is 0.377. The zero-order chi connectivity index (χ0) is 13.8. The first-order valence-electron chi connectivity index (χ1n) is 6.80. The lowest BCUT2D eigenvalue weighted by Crippen LogP contribution is -2.04. The predicted molar refractivity (Wildman–Crippen MR) is 81.4 cm³/mol. The van der Waals surface area contributed by atoms with Crippen LogP contribution in [0.3, 0.4) is 0 Å². The largest absolute Gasteiger partial charge is 0.376 e. The Morgan fingerprint density at radius 3 is 2.84 bits per heavy atom. The van der Waals surface area contributed by atoms with Crippen LogP contribution in [0.2, 0.25) is 12.6 Å². The SMILES string of the molecule is C[Si](C=CCOCCC#N)CCCc1ccccc1. The van der Waals surface area contributed by atoms with Crippen LogP contribution in [0.5, 0.6) is 0 Å². The summed E-state index contributed by atoms with van der Waals surface area (Å²) in [5, 5.41) is 8.36. The maximum Gasteiger partial charge on any atom is 0.0722 e. The van der Waals surface area contributed by atoms with Gasteiger partial charge in [0.15, 0.2) is 0 Å². The first-order valence-corrected chi connectivity index (χ1v) is 9.09. The van der Waals surface area contributed by atoms with E-state index in [4.69, 9.17) is 10.00 Å². The van der Waals surface area contributed by atoms with Gasteiger partial charge in [-0.2, -0.15) is 5.26 Å². The summed E-state index contributed by atoms with van der Waals surface area (Å²) < 4.78 is 5.31. The van der Waals surface area contributed by atoms with Crippen molar-refractivity contribution in [3.8, 4) is 6.07 Å². The van der Waals surface area contributed by atoms with Crippen molar-refractivity contribution in [2.45, 2.75) is 31.9 Å². The van der Waals surface area contributed by atoms with Crippen LogP contribution in [0.1, 0.15) is 18.4 Å². The Morgan fingerprint density at radius 2 is 2.11 bits per heavy atom. The van der Waals surface area contributed by atoms with Crippen molar-refractivity contribution in [2.75, 3.05) is 13.2 Å². The molecular weight excluding hydrogens is 250 g/mol. The molecule has 0 spiro atoms. The van der Waals surface area contributed by atoms with Gasteiger partial charge in [0.25, 0.3) is 0 Å². The highest BCUT2D eigenvalue weighted by molar-refractivity contribution is 6.62. The van der Waals surface area contributed by atoms with Crippen LogP contribution in [0.15, 0.2) is 42.1 Å². The van der Waals surface area contributed by atoms with Gasteiger partial charge in [0.05, 0.1) is 34.5 Å². The predicted octanol–water partition coefficient (Wildman–Crippen LogP) is 3.77. The van der Waals surface area contributed by atoms with Gasteiger partial charge in [0.2, 0.25) is 0 Å². The van der Waals surface area contributed by atoms with Crippen molar-refractivity contribution in [2.24, 2.45) is 0 Å². The minimum atomic E-state index is -0.377. The Balaban J connectivity index is 2.06. The van der Waals surface area contributed by atoms with E-state index in [9.17, 15) is 0 Å². The van der Waals surface area contributed by atoms with E-state index >= 15 is 0 Å². The van der Waals surface area contributed by atoms with E-state index in [0.29, 0.717) is 19.6 Å². The van der Waals surface area contributed by atoms with Crippen molar-refractivity contribution >= 4 is 8.80 Å². The maximum absolute atomic E-state index is 8.36. The summed E-state index contributed by atoms with van der Waals surface area (Å²) in [5.41, 5.74) is 3.74. The third kappa shape index (κ3) is 8.36. The van der Waals surface area contributed by atoms with Crippen LogP contribution >= 0.6 is 0 Å². The highest BCUT2D eigenvalue weighted by Gasteiger charge is 2.00. The molecule has 1 aromatic rings. The van der Waals surface area contributed by atoms with Gasteiger partial charge < -0.3 is 4.74 Å². The number of aryl methyl sites for hydroxylation is 1. The third-order valence-electron chi connectivity index (χ3n) is 2.85. The van der Waals surface area contributed by atoms with E-state index in [1.807, 2.05) is 0 Å². The lowest BCUT2D eigenvalue weighted by molar-refractivity contribution is 0.168. The first kappa shape index (κ1) is 15.7. The molecule has 0 bridgehead atoms. The van der Waals surface area contributed by atoms with Crippen molar-refractivity contribution in [1.29, 1.82) is 5.26 Å². The van der Waals surface area contributed by atoms with Gasteiger partial charge in [-0.3, -0.25) is 0 Å². The number of hydrogen-bond acceptors (Lipinski definition) is 2. The topological polar surface area (TPSA) is 33.0 Å². The second-order valence-electron chi connectivity index (χ2n) is 4.57. The summed E-state index contributed by atoms with van der Waals surface area (Å²) in [4.78, 5) is 0. The van der Waals surface area contributed by atoms with Gasteiger partial charge in [0, 0.05) is 0 Å². The molecule has 101 valence electrons. The molecule has 1 aromatic carbocycles. The Hall–Kier alpha value is -1.37. The van der Waals surface area contributed by atoms with Gasteiger partial charge in [-0.15, -0.1) is 0 Å². The summed E-state index contributed by atoms with van der Waals surface area (Å²) in [6.45, 7) is 3.52. The zero-order valence-corrected chi connectivity index (χ0v) is 12.6. The van der Waals surface area contributed by atoms with Gasteiger partial charge in [-0.05, 0) is 12.0 Å². The minimum Gasteiger partial charge on any atom is -0.376 e. The molecule has 0 aromatic heterocycles. The molecule has 0 amide bonds. The Kier molecular flexibility index (Phi) is 8.70. The van der Waals surface area contributed by atoms with Crippen molar-refractivity contribution in [1.82, 2.24) is 0 Å². The normalized spacial score (nSPS) is 11.0. The molecule has 0 heterocycles. The van der Waals surface area contributed by atoms with Crippen LogP contribution in [0, 0.1) is 11.3 Å². The molecule has 1 radical (unpaired) electrons. The number of hydrogen-bond donors (Lipinski definition) is 0. The summed E-state index contributed by atoms with van der Waals surface area (Å²) in [6, 6.07) is 14.0. The molecule has 1 rings (SSSR count). The molecule has 0 N–H and O–H groups in total. The number of nitriles is 1. The van der Waals surface area contributed by atoms with Gasteiger partial charge in [-0.1, -0.05) is 61.1 Å². The van der Waals surface area contributed by atoms with E-state index in [1.165, 1.54) is 24.4 Å². The van der Waals surface area contributed by atoms with Gasteiger partial charge in [0.1, 0.15) is 0 Å². The van der Waals surface area contributed by atoms with Crippen LogP contribution in [-0.2, 0) is 11.2 Å². The number of ether oxygens (including phenoxy) is 1. The fraction of sp³-hybridized carbons (Fsp3) is 0.438. The summed E-state index contributed by atoms with van der Waals surface area (Å²) in [6.07, 6.45) is 5.02. The Bertz CT molecular complexity index is 397.